The van der Waals surface area contributed by atoms with Crippen molar-refractivity contribution in [2.24, 2.45) is 11.8 Å². The van der Waals surface area contributed by atoms with Crippen LogP contribution < -0.4 is 0 Å². The van der Waals surface area contributed by atoms with Gasteiger partial charge in [0.25, 0.3) is 5.69 Å². The molecule has 0 radical (unpaired) electrons. The third-order valence-electron chi connectivity index (χ3n) is 4.40. The van der Waals surface area contributed by atoms with Crippen LogP contribution in [0, 0.1) is 22.0 Å². The third-order valence-corrected chi connectivity index (χ3v) is 4.40. The van der Waals surface area contributed by atoms with E-state index in [0.717, 1.165) is 44.1 Å². The number of allylic oxidation sites excluding steroid dienone is 1. The van der Waals surface area contributed by atoms with E-state index < -0.39 is 4.92 Å². The number of unbranched alkanes of at least 4 members (excludes halogenated alkanes) is 1. The summed E-state index contributed by atoms with van der Waals surface area (Å²) in [5.74, 6) is 0.865. The summed E-state index contributed by atoms with van der Waals surface area (Å²) in [5, 5.41) is 10.6. The number of hydrogen-bond donors (Lipinski definition) is 0. The lowest BCUT2D eigenvalue weighted by atomic mass is 9.75. The van der Waals surface area contributed by atoms with E-state index in [1.54, 1.807) is 12.1 Å². The molecule has 1 fully saturated rings. The van der Waals surface area contributed by atoms with Gasteiger partial charge >= 0.3 is 0 Å². The number of carbonyl (C=O) groups is 1. The first kappa shape index (κ1) is 16.4. The fraction of sp³-hybridized carbons (Fsp3) is 0.500. The zero-order valence-electron chi connectivity index (χ0n) is 13.0. The fourth-order valence-electron chi connectivity index (χ4n) is 3.11. The molecule has 2 atom stereocenters. The Morgan fingerprint density at radius 2 is 2.05 bits per heavy atom. The minimum absolute atomic E-state index is 0.103. The van der Waals surface area contributed by atoms with Gasteiger partial charge in [0.15, 0.2) is 0 Å². The number of rotatable bonds is 6. The molecule has 0 aromatic heterocycles. The molecule has 1 aliphatic rings. The number of non-ortho nitro benzene ring substituents is 1. The molecule has 1 aliphatic carbocycles. The SMILES string of the molecule is CCCCC1C(=O)CCCC1/C=C/c1ccc([N+](=O)[O-])cc1. The molecular weight excluding hydrogens is 278 g/mol. The fourth-order valence-corrected chi connectivity index (χ4v) is 3.11. The summed E-state index contributed by atoms with van der Waals surface area (Å²) < 4.78 is 0. The second kappa shape index (κ2) is 7.87. The van der Waals surface area contributed by atoms with Crippen LogP contribution in [0.15, 0.2) is 30.3 Å². The summed E-state index contributed by atoms with van der Waals surface area (Å²) in [4.78, 5) is 22.4. The molecule has 2 unspecified atom stereocenters. The van der Waals surface area contributed by atoms with E-state index in [-0.39, 0.29) is 11.6 Å². The van der Waals surface area contributed by atoms with Crippen molar-refractivity contribution in [2.45, 2.75) is 45.4 Å². The van der Waals surface area contributed by atoms with Crippen LogP contribution in [0.4, 0.5) is 5.69 Å². The van der Waals surface area contributed by atoms with E-state index in [0.29, 0.717) is 11.7 Å². The van der Waals surface area contributed by atoms with Gasteiger partial charge in [-0.1, -0.05) is 31.9 Å². The van der Waals surface area contributed by atoms with Gasteiger partial charge in [0.05, 0.1) is 4.92 Å². The quantitative estimate of drug-likeness (QED) is 0.561. The van der Waals surface area contributed by atoms with Gasteiger partial charge in [-0.2, -0.15) is 0 Å². The third kappa shape index (κ3) is 4.26. The Balaban J connectivity index is 2.05. The summed E-state index contributed by atoms with van der Waals surface area (Å²) in [5.41, 5.74) is 1.05. The van der Waals surface area contributed by atoms with Gasteiger partial charge in [-0.05, 0) is 42.9 Å². The molecule has 0 bridgehead atoms. The van der Waals surface area contributed by atoms with E-state index in [9.17, 15) is 14.9 Å². The molecule has 1 aromatic rings. The normalized spacial score (nSPS) is 22.1. The lowest BCUT2D eigenvalue weighted by molar-refractivity contribution is -0.384. The number of nitro benzene ring substituents is 1. The van der Waals surface area contributed by atoms with Gasteiger partial charge in [-0.3, -0.25) is 14.9 Å². The molecule has 1 saturated carbocycles. The minimum atomic E-state index is -0.395. The highest BCUT2D eigenvalue weighted by molar-refractivity contribution is 5.82. The molecule has 0 aliphatic heterocycles. The summed E-state index contributed by atoms with van der Waals surface area (Å²) >= 11 is 0. The van der Waals surface area contributed by atoms with Crippen LogP contribution in [0.2, 0.25) is 0 Å². The maximum atomic E-state index is 12.1. The summed E-state index contributed by atoms with van der Waals surface area (Å²) in [6, 6.07) is 6.53. The molecule has 0 heterocycles. The van der Waals surface area contributed by atoms with E-state index in [4.69, 9.17) is 0 Å². The lowest BCUT2D eigenvalue weighted by Crippen LogP contribution is -2.27. The summed E-state index contributed by atoms with van der Waals surface area (Å²) in [6.45, 7) is 2.15. The monoisotopic (exact) mass is 301 g/mol. The molecule has 0 amide bonds. The zero-order valence-corrected chi connectivity index (χ0v) is 13.0. The second-order valence-electron chi connectivity index (χ2n) is 5.98. The van der Waals surface area contributed by atoms with Crippen LogP contribution in [0.25, 0.3) is 6.08 Å². The molecule has 2 rings (SSSR count). The first-order valence-electron chi connectivity index (χ1n) is 8.07. The highest BCUT2D eigenvalue weighted by atomic mass is 16.6. The van der Waals surface area contributed by atoms with Gasteiger partial charge in [0.1, 0.15) is 5.78 Å². The lowest BCUT2D eigenvalue weighted by Gasteiger charge is -2.28. The number of carbonyl (C=O) groups excluding carboxylic acids is 1. The van der Waals surface area contributed by atoms with Gasteiger partial charge in [-0.25, -0.2) is 0 Å². The van der Waals surface area contributed by atoms with Gasteiger partial charge in [0.2, 0.25) is 0 Å². The first-order valence-corrected chi connectivity index (χ1v) is 8.07. The molecular formula is C18H23NO3. The van der Waals surface area contributed by atoms with Gasteiger partial charge in [-0.15, -0.1) is 0 Å². The molecule has 0 N–H and O–H groups in total. The first-order chi connectivity index (χ1) is 10.6. The molecule has 4 nitrogen and oxygen atoms in total. The Kier molecular flexibility index (Phi) is 5.87. The van der Waals surface area contributed by atoms with E-state index >= 15 is 0 Å². The van der Waals surface area contributed by atoms with Crippen molar-refractivity contribution >= 4 is 17.5 Å². The predicted octanol–water partition coefficient (Wildman–Crippen LogP) is 4.78. The Bertz CT molecular complexity index is 548. The smallest absolute Gasteiger partial charge is 0.269 e. The van der Waals surface area contributed by atoms with Crippen molar-refractivity contribution in [2.75, 3.05) is 0 Å². The van der Waals surface area contributed by atoms with Crippen molar-refractivity contribution in [3.05, 3.63) is 46.0 Å². The van der Waals surface area contributed by atoms with Crippen LogP contribution in [-0.2, 0) is 4.79 Å². The molecule has 22 heavy (non-hydrogen) atoms. The second-order valence-corrected chi connectivity index (χ2v) is 5.98. The minimum Gasteiger partial charge on any atom is -0.299 e. The Labute approximate surface area is 131 Å². The van der Waals surface area contributed by atoms with E-state index in [1.807, 2.05) is 6.08 Å². The Morgan fingerprint density at radius 1 is 1.32 bits per heavy atom. The standard InChI is InChI=1S/C18H23NO3/c1-2-3-6-17-15(5-4-7-18(17)20)11-8-14-9-12-16(13-10-14)19(21)22/h8-13,15,17H,2-7H2,1H3/b11-8+. The molecule has 118 valence electrons. The maximum absolute atomic E-state index is 12.1. The highest BCUT2D eigenvalue weighted by Gasteiger charge is 2.29. The molecule has 4 heteroatoms. The number of hydrogen-bond acceptors (Lipinski definition) is 3. The average molecular weight is 301 g/mol. The van der Waals surface area contributed by atoms with Crippen LogP contribution in [0.5, 0.6) is 0 Å². The predicted molar refractivity (Wildman–Crippen MR) is 87.5 cm³/mol. The van der Waals surface area contributed by atoms with Crippen molar-refractivity contribution in [1.82, 2.24) is 0 Å². The average Bonchev–Trinajstić information content (AvgIpc) is 2.52. The van der Waals surface area contributed by atoms with Crippen molar-refractivity contribution in [1.29, 1.82) is 0 Å². The molecule has 0 spiro atoms. The largest absolute Gasteiger partial charge is 0.299 e. The number of nitro groups is 1. The van der Waals surface area contributed by atoms with Crippen LogP contribution in [0.3, 0.4) is 0 Å². The Morgan fingerprint density at radius 3 is 2.68 bits per heavy atom. The maximum Gasteiger partial charge on any atom is 0.269 e. The zero-order chi connectivity index (χ0) is 15.9. The molecule has 0 saturated heterocycles. The van der Waals surface area contributed by atoms with Crippen LogP contribution in [-0.4, -0.2) is 10.7 Å². The van der Waals surface area contributed by atoms with Crippen LogP contribution in [0.1, 0.15) is 51.0 Å². The number of ketones is 1. The number of Topliss-reactive ketones (excluding diaryl/α,β-unsaturated/α-hetero) is 1. The van der Waals surface area contributed by atoms with Gasteiger partial charge < -0.3 is 0 Å². The topological polar surface area (TPSA) is 60.2 Å². The van der Waals surface area contributed by atoms with Gasteiger partial charge in [0, 0.05) is 24.5 Å². The summed E-state index contributed by atoms with van der Waals surface area (Å²) in [7, 11) is 0. The summed E-state index contributed by atoms with van der Waals surface area (Å²) in [6.07, 6.45) is 10.0. The molecule has 1 aromatic carbocycles. The van der Waals surface area contributed by atoms with Crippen molar-refractivity contribution < 1.29 is 9.72 Å². The highest BCUT2D eigenvalue weighted by Crippen LogP contribution is 2.32. The van der Waals surface area contributed by atoms with Crippen molar-refractivity contribution in [3.63, 3.8) is 0 Å². The Hall–Kier alpha value is -1.97. The van der Waals surface area contributed by atoms with Crippen molar-refractivity contribution in [3.8, 4) is 0 Å². The van der Waals surface area contributed by atoms with E-state index in [2.05, 4.69) is 13.0 Å². The van der Waals surface area contributed by atoms with E-state index in [1.165, 1.54) is 12.1 Å². The van der Waals surface area contributed by atoms with Crippen LogP contribution >= 0.6 is 0 Å². The number of benzene rings is 1. The number of nitrogens with zero attached hydrogens (tertiary/aromatic N) is 1.